The zero-order valence-corrected chi connectivity index (χ0v) is 10.1. The van der Waals surface area contributed by atoms with Crippen LogP contribution in [0, 0.1) is 0 Å². The van der Waals surface area contributed by atoms with Crippen molar-refractivity contribution in [2.24, 2.45) is 0 Å². The zero-order valence-electron chi connectivity index (χ0n) is 9.29. The number of fused-ring (bicyclic) bond motifs is 1. The summed E-state index contributed by atoms with van der Waals surface area (Å²) in [5.74, 6) is 1.02. The maximum absolute atomic E-state index is 4.46. The summed E-state index contributed by atoms with van der Waals surface area (Å²) in [6.45, 7) is 4.35. The van der Waals surface area contributed by atoms with E-state index in [2.05, 4.69) is 40.1 Å². The van der Waals surface area contributed by atoms with E-state index in [4.69, 9.17) is 0 Å². The topological polar surface area (TPSA) is 37.0 Å². The molecule has 0 amide bonds. The van der Waals surface area contributed by atoms with Crippen LogP contribution >= 0.6 is 11.3 Å². The second-order valence-electron chi connectivity index (χ2n) is 4.60. The highest BCUT2D eigenvalue weighted by Crippen LogP contribution is 2.29. The van der Waals surface area contributed by atoms with Crippen molar-refractivity contribution in [1.29, 1.82) is 0 Å². The van der Waals surface area contributed by atoms with Crippen LogP contribution < -0.4 is 10.6 Å². The number of aromatic nitrogens is 1. The highest BCUT2D eigenvalue weighted by atomic mass is 32.1. The number of hydrogen-bond donors (Lipinski definition) is 2. The molecule has 2 aromatic heterocycles. The number of nitrogens with one attached hydrogen (secondary N) is 2. The fourth-order valence-electron chi connectivity index (χ4n) is 2.20. The number of anilines is 1. The first kappa shape index (κ1) is 10.1. The summed E-state index contributed by atoms with van der Waals surface area (Å²) in [5.41, 5.74) is 0.142. The highest BCUT2D eigenvalue weighted by molar-refractivity contribution is 7.17. The van der Waals surface area contributed by atoms with Crippen LogP contribution in [0.2, 0.25) is 0 Å². The smallest absolute Gasteiger partial charge is 0.135 e. The van der Waals surface area contributed by atoms with Crippen molar-refractivity contribution in [2.45, 2.75) is 18.9 Å². The van der Waals surface area contributed by atoms with Crippen molar-refractivity contribution in [3.05, 3.63) is 23.7 Å². The summed E-state index contributed by atoms with van der Waals surface area (Å²) in [6.07, 6.45) is 3.03. The monoisotopic (exact) mass is 233 g/mol. The van der Waals surface area contributed by atoms with E-state index >= 15 is 0 Å². The average molecular weight is 233 g/mol. The van der Waals surface area contributed by atoms with Crippen LogP contribution in [0.3, 0.4) is 0 Å². The van der Waals surface area contributed by atoms with E-state index in [1.807, 2.05) is 6.20 Å². The number of rotatable bonds is 2. The molecule has 1 fully saturated rings. The molecule has 0 aliphatic carbocycles. The Labute approximate surface area is 98.9 Å². The minimum atomic E-state index is 0.142. The number of nitrogens with zero attached hydrogens (tertiary/aromatic N) is 1. The van der Waals surface area contributed by atoms with Gasteiger partial charge in [-0.15, -0.1) is 11.3 Å². The van der Waals surface area contributed by atoms with Crippen LogP contribution in [0.25, 0.3) is 10.1 Å². The lowest BCUT2D eigenvalue weighted by atomic mass is 10.0. The molecule has 0 radical (unpaired) electrons. The number of hydrogen-bond acceptors (Lipinski definition) is 4. The molecular formula is C12H15N3S. The summed E-state index contributed by atoms with van der Waals surface area (Å²) in [5, 5.41) is 10.3. The van der Waals surface area contributed by atoms with Crippen molar-refractivity contribution in [1.82, 2.24) is 10.3 Å². The Morgan fingerprint density at radius 3 is 3.25 bits per heavy atom. The second kappa shape index (κ2) is 3.71. The summed E-state index contributed by atoms with van der Waals surface area (Å²) in [7, 11) is 0. The predicted octanol–water partition coefficient (Wildman–Crippen LogP) is 2.46. The van der Waals surface area contributed by atoms with Crippen LogP contribution in [-0.4, -0.2) is 23.6 Å². The molecule has 1 saturated heterocycles. The molecule has 4 heteroatoms. The lowest BCUT2D eigenvalue weighted by molar-refractivity contribution is 0.565. The maximum atomic E-state index is 4.46. The van der Waals surface area contributed by atoms with E-state index in [1.54, 1.807) is 11.3 Å². The molecule has 0 saturated carbocycles. The van der Waals surface area contributed by atoms with Crippen LogP contribution in [-0.2, 0) is 0 Å². The largest absolute Gasteiger partial charge is 0.363 e. The van der Waals surface area contributed by atoms with Gasteiger partial charge < -0.3 is 10.6 Å². The third kappa shape index (κ3) is 1.68. The van der Waals surface area contributed by atoms with Gasteiger partial charge >= 0.3 is 0 Å². The summed E-state index contributed by atoms with van der Waals surface area (Å²) in [6, 6.07) is 4.21. The van der Waals surface area contributed by atoms with Crippen molar-refractivity contribution in [3.63, 3.8) is 0 Å². The molecule has 0 aromatic carbocycles. The molecule has 0 spiro atoms. The predicted molar refractivity (Wildman–Crippen MR) is 69.1 cm³/mol. The molecule has 3 heterocycles. The molecule has 0 bridgehead atoms. The molecular weight excluding hydrogens is 218 g/mol. The third-order valence-electron chi connectivity index (χ3n) is 3.17. The van der Waals surface area contributed by atoms with Gasteiger partial charge in [0.1, 0.15) is 5.82 Å². The van der Waals surface area contributed by atoms with Gasteiger partial charge in [0.2, 0.25) is 0 Å². The summed E-state index contributed by atoms with van der Waals surface area (Å²) in [4.78, 5) is 4.46. The SMILES string of the molecule is CC1(Nc2nccc3sccc23)CCNC1. The van der Waals surface area contributed by atoms with Crippen LogP contribution in [0.4, 0.5) is 5.82 Å². The van der Waals surface area contributed by atoms with E-state index < -0.39 is 0 Å². The van der Waals surface area contributed by atoms with E-state index in [0.29, 0.717) is 0 Å². The molecule has 3 rings (SSSR count). The Morgan fingerprint density at radius 2 is 2.44 bits per heavy atom. The Morgan fingerprint density at radius 1 is 1.50 bits per heavy atom. The average Bonchev–Trinajstić information content (AvgIpc) is 2.87. The summed E-state index contributed by atoms with van der Waals surface area (Å²) >= 11 is 1.76. The van der Waals surface area contributed by atoms with Gasteiger partial charge in [-0.05, 0) is 37.4 Å². The molecule has 1 atom stereocenters. The molecule has 1 unspecified atom stereocenters. The van der Waals surface area contributed by atoms with Gasteiger partial charge in [0.15, 0.2) is 0 Å². The second-order valence-corrected chi connectivity index (χ2v) is 5.55. The van der Waals surface area contributed by atoms with Crippen LogP contribution in [0.15, 0.2) is 23.7 Å². The molecule has 2 aromatic rings. The normalized spacial score (nSPS) is 25.1. The van der Waals surface area contributed by atoms with Gasteiger partial charge in [-0.2, -0.15) is 0 Å². The van der Waals surface area contributed by atoms with E-state index in [1.165, 1.54) is 10.1 Å². The van der Waals surface area contributed by atoms with Gasteiger partial charge in [-0.25, -0.2) is 4.98 Å². The van der Waals surface area contributed by atoms with E-state index in [9.17, 15) is 0 Å². The van der Waals surface area contributed by atoms with Crippen molar-refractivity contribution in [2.75, 3.05) is 18.4 Å². The minimum Gasteiger partial charge on any atom is -0.363 e. The number of pyridine rings is 1. The van der Waals surface area contributed by atoms with Gasteiger partial charge in [0, 0.05) is 28.4 Å². The molecule has 84 valence electrons. The van der Waals surface area contributed by atoms with Gasteiger partial charge in [-0.3, -0.25) is 0 Å². The first-order valence-electron chi connectivity index (χ1n) is 5.58. The third-order valence-corrected chi connectivity index (χ3v) is 4.05. The molecule has 1 aliphatic rings. The molecule has 1 aliphatic heterocycles. The summed E-state index contributed by atoms with van der Waals surface area (Å²) < 4.78 is 1.30. The standard InChI is InChI=1S/C12H15N3S/c1-12(4-6-13-8-12)15-11-9-3-7-16-10(9)2-5-14-11/h2-3,5,7,13H,4,6,8H2,1H3,(H,14,15). The quantitative estimate of drug-likeness (QED) is 0.836. The fourth-order valence-corrected chi connectivity index (χ4v) is 2.99. The van der Waals surface area contributed by atoms with Crippen molar-refractivity contribution < 1.29 is 0 Å². The highest BCUT2D eigenvalue weighted by Gasteiger charge is 2.28. The van der Waals surface area contributed by atoms with Gasteiger partial charge in [0.25, 0.3) is 0 Å². The fraction of sp³-hybridized carbons (Fsp3) is 0.417. The first-order chi connectivity index (χ1) is 7.77. The van der Waals surface area contributed by atoms with Crippen molar-refractivity contribution >= 4 is 27.2 Å². The van der Waals surface area contributed by atoms with E-state index in [0.717, 1.165) is 25.3 Å². The first-order valence-corrected chi connectivity index (χ1v) is 6.46. The lowest BCUT2D eigenvalue weighted by Gasteiger charge is -2.25. The molecule has 2 N–H and O–H groups in total. The Hall–Kier alpha value is -1.13. The minimum absolute atomic E-state index is 0.142. The zero-order chi connectivity index (χ0) is 11.0. The van der Waals surface area contributed by atoms with Crippen molar-refractivity contribution in [3.8, 4) is 0 Å². The van der Waals surface area contributed by atoms with E-state index in [-0.39, 0.29) is 5.54 Å². The molecule has 3 nitrogen and oxygen atoms in total. The van der Waals surface area contributed by atoms with Gasteiger partial charge in [0.05, 0.1) is 0 Å². The Bertz CT molecular complexity index is 500. The maximum Gasteiger partial charge on any atom is 0.135 e. The van der Waals surface area contributed by atoms with Gasteiger partial charge in [-0.1, -0.05) is 0 Å². The Balaban J connectivity index is 1.96. The Kier molecular flexibility index (Phi) is 2.33. The van der Waals surface area contributed by atoms with Crippen LogP contribution in [0.1, 0.15) is 13.3 Å². The van der Waals surface area contributed by atoms with Crippen LogP contribution in [0.5, 0.6) is 0 Å². The lowest BCUT2D eigenvalue weighted by Crippen LogP contribution is -2.37. The molecule has 16 heavy (non-hydrogen) atoms. The number of thiophene rings is 1.